The maximum Gasteiger partial charge on any atom is 0.180 e. The van der Waals surface area contributed by atoms with Gasteiger partial charge >= 0.3 is 0 Å². The van der Waals surface area contributed by atoms with Crippen molar-refractivity contribution in [2.24, 2.45) is 46.3 Å². The summed E-state index contributed by atoms with van der Waals surface area (Å²) in [6.45, 7) is 18.1. The van der Waals surface area contributed by atoms with Crippen LogP contribution in [0.5, 0.6) is 0 Å². The summed E-state index contributed by atoms with van der Waals surface area (Å²) in [4.78, 5) is 2.73. The van der Waals surface area contributed by atoms with E-state index in [4.69, 9.17) is 17.8 Å². The zero-order valence-corrected chi connectivity index (χ0v) is 42.1. The molecule has 4 aliphatic rings. The van der Waals surface area contributed by atoms with Crippen LogP contribution in [-0.4, -0.2) is 81.5 Å². The smallest absolute Gasteiger partial charge is 0.180 e. The molecule has 6 nitrogen and oxygen atoms in total. The van der Waals surface area contributed by atoms with Crippen molar-refractivity contribution in [1.82, 2.24) is 4.90 Å². The van der Waals surface area contributed by atoms with Crippen LogP contribution in [0.4, 0.5) is 0 Å². The van der Waals surface area contributed by atoms with Crippen LogP contribution in [0.1, 0.15) is 221 Å². The summed E-state index contributed by atoms with van der Waals surface area (Å²) in [5.74, 6) is 5.49. The van der Waals surface area contributed by atoms with Gasteiger partial charge in [-0.1, -0.05) is 105 Å². The quantitative estimate of drug-likeness (QED) is 0.0514. The number of unbranched alkanes of at least 4 members (excludes halogenated alkanes) is 13. The van der Waals surface area contributed by atoms with Crippen molar-refractivity contribution in [3.8, 4) is 0 Å². The Hall–Kier alpha value is 0.110. The minimum Gasteiger partial charge on any atom is -0.396 e. The van der Waals surface area contributed by atoms with Gasteiger partial charge in [0, 0.05) is 39.3 Å². The second-order valence-electron chi connectivity index (χ2n) is 21.7. The van der Waals surface area contributed by atoms with Crippen LogP contribution in [0.2, 0.25) is 0 Å². The average Bonchev–Trinajstić information content (AvgIpc) is 3.59. The topological polar surface area (TPSA) is 60.4 Å². The number of rotatable bonds is 34. The molecule has 356 valence electrons. The van der Waals surface area contributed by atoms with Crippen molar-refractivity contribution in [2.45, 2.75) is 233 Å². The largest absolute Gasteiger partial charge is 0.396 e. The summed E-state index contributed by atoms with van der Waals surface area (Å²) in [5, 5.41) is 9.53. The third-order valence-electron chi connectivity index (χ3n) is 17.1. The van der Waals surface area contributed by atoms with E-state index in [1.54, 1.807) is 0 Å². The molecule has 0 radical (unpaired) electrons. The van der Waals surface area contributed by atoms with Crippen molar-refractivity contribution in [3.05, 3.63) is 0 Å². The summed E-state index contributed by atoms with van der Waals surface area (Å²) < 4.78 is 25.2. The number of ether oxygens (including phenoxy) is 2. The third-order valence-corrected chi connectivity index (χ3v) is 18.6. The zero-order valence-electron chi connectivity index (χ0n) is 41.3. The fraction of sp³-hybridized carbons (Fsp3) is 1.00. The van der Waals surface area contributed by atoms with Crippen LogP contribution in [0.15, 0.2) is 0 Å². The molecule has 4 saturated carbocycles. The van der Waals surface area contributed by atoms with Crippen LogP contribution in [0, 0.1) is 46.3 Å². The predicted molar refractivity (Wildman–Crippen MR) is 259 cm³/mol. The molecule has 60 heavy (non-hydrogen) atoms. The zero-order chi connectivity index (χ0) is 43.3. The van der Waals surface area contributed by atoms with Crippen molar-refractivity contribution in [3.63, 3.8) is 0 Å². The molecular formula is C53H103NO5S. The van der Waals surface area contributed by atoms with Gasteiger partial charge in [-0.2, -0.15) is 10.6 Å². The monoisotopic (exact) mass is 866 g/mol. The summed E-state index contributed by atoms with van der Waals surface area (Å²) in [5.41, 5.74) is 1.11. The van der Waals surface area contributed by atoms with Crippen molar-refractivity contribution in [1.29, 1.82) is 0 Å². The van der Waals surface area contributed by atoms with Gasteiger partial charge in [0.2, 0.25) is 0 Å². The molecule has 0 aromatic rings. The first kappa shape index (κ1) is 52.7. The van der Waals surface area contributed by atoms with E-state index in [0.29, 0.717) is 23.5 Å². The fourth-order valence-corrected chi connectivity index (χ4v) is 14.8. The molecule has 1 N–H and O–H groups in total. The van der Waals surface area contributed by atoms with E-state index in [9.17, 15) is 5.11 Å². The molecular weight excluding hydrogens is 763 g/mol. The van der Waals surface area contributed by atoms with E-state index in [-0.39, 0.29) is 6.29 Å². The van der Waals surface area contributed by atoms with Gasteiger partial charge in [-0.25, -0.2) is 0 Å². The number of fused-ring (bicyclic) bond motifs is 5. The van der Waals surface area contributed by atoms with E-state index in [2.05, 4.69) is 52.0 Å². The Kier molecular flexibility index (Phi) is 24.8. The van der Waals surface area contributed by atoms with Gasteiger partial charge < -0.3 is 19.5 Å². The van der Waals surface area contributed by atoms with Gasteiger partial charge in [0.1, 0.15) is 0 Å². The predicted octanol–water partition coefficient (Wildman–Crippen LogP) is 14.7. The molecule has 10 atom stereocenters. The van der Waals surface area contributed by atoms with E-state index < -0.39 is 10.6 Å². The molecule has 7 heteroatoms. The highest BCUT2D eigenvalue weighted by Crippen LogP contribution is 2.68. The van der Waals surface area contributed by atoms with Crippen LogP contribution in [0.3, 0.4) is 0 Å². The Morgan fingerprint density at radius 2 is 1.27 bits per heavy atom. The number of methoxy groups -OCH3 is 1. The normalized spacial score (nSPS) is 30.6. The average molecular weight is 866 g/mol. The number of aliphatic hydroxyl groups excluding tert-OH is 1. The minimum atomic E-state index is -1.61. The molecule has 4 fully saturated rings. The van der Waals surface area contributed by atoms with E-state index in [1.807, 2.05) is 7.11 Å². The number of hydrogen-bond acceptors (Lipinski definition) is 6. The second kappa shape index (κ2) is 28.2. The van der Waals surface area contributed by atoms with Crippen LogP contribution in [-0.2, 0) is 17.8 Å². The molecule has 0 bridgehead atoms. The summed E-state index contributed by atoms with van der Waals surface area (Å²) >= 11 is 0. The molecule has 4 rings (SSSR count). The van der Waals surface area contributed by atoms with Gasteiger partial charge in [0.15, 0.2) is 6.29 Å². The van der Waals surface area contributed by atoms with Crippen LogP contribution < -0.4 is 0 Å². The van der Waals surface area contributed by atoms with Crippen molar-refractivity contribution >= 4 is 10.6 Å². The highest BCUT2D eigenvalue weighted by Gasteiger charge is 2.60. The van der Waals surface area contributed by atoms with Crippen molar-refractivity contribution in [2.75, 3.05) is 59.1 Å². The molecule has 6 unspecified atom stereocenters. The molecule has 0 aromatic carbocycles. The van der Waals surface area contributed by atoms with Gasteiger partial charge in [0.25, 0.3) is 0 Å². The summed E-state index contributed by atoms with van der Waals surface area (Å²) in [6.07, 6.45) is 42.1. The van der Waals surface area contributed by atoms with Crippen LogP contribution in [0.25, 0.3) is 0 Å². The Morgan fingerprint density at radius 3 is 1.98 bits per heavy atom. The van der Waals surface area contributed by atoms with Gasteiger partial charge in [0.05, 0.1) is 12.7 Å². The van der Waals surface area contributed by atoms with E-state index in [1.165, 1.54) is 167 Å². The SMILES string of the molecule is CCCCCCCCOC(CCCCCCC)OS(C)(C)OCCCCCCN(CCCCO)CCC[C@@H](C)C1CCC2C3CCC4C[C@H](OC)CC[C@]4(C)C3CC[C@@]21C. The molecule has 0 saturated heterocycles. The van der Waals surface area contributed by atoms with Gasteiger partial charge in [-0.05, 0) is 175 Å². The maximum atomic E-state index is 9.53. The number of nitrogens with zero attached hydrogens (tertiary/aromatic N) is 1. The lowest BCUT2D eigenvalue weighted by molar-refractivity contribution is -0.133. The van der Waals surface area contributed by atoms with E-state index >= 15 is 0 Å². The first-order valence-corrected chi connectivity index (χ1v) is 28.8. The maximum absolute atomic E-state index is 9.53. The number of hydrogen-bond donors (Lipinski definition) is 1. The molecule has 0 amide bonds. The van der Waals surface area contributed by atoms with Crippen LogP contribution >= 0.6 is 10.6 Å². The molecule has 0 aromatic heterocycles. The van der Waals surface area contributed by atoms with E-state index in [0.717, 1.165) is 87.4 Å². The Bertz CT molecular complexity index is 1110. The third kappa shape index (κ3) is 16.5. The first-order chi connectivity index (χ1) is 29.0. The minimum absolute atomic E-state index is 0.138. The molecule has 0 heterocycles. The standard InChI is InChI=1S/C53H103NO5S/c1-9-11-13-15-18-24-41-57-51(28-20-16-14-12-10-2)59-60(7,8)58-42-25-19-17-21-37-54(38-22-23-40-55)39-26-27-44(3)48-31-32-49-47-30-29-45-43-46(56-6)33-35-52(45,4)50(47)34-36-53(48,49)5/h44-51,55H,9-43H2,1-8H3/t44-,45?,46-,47?,48?,49?,50?,51?,52+,53-/m1/s1. The lowest BCUT2D eigenvalue weighted by Crippen LogP contribution is -2.54. The Labute approximate surface area is 375 Å². The summed E-state index contributed by atoms with van der Waals surface area (Å²) in [6, 6.07) is 0. The summed E-state index contributed by atoms with van der Waals surface area (Å²) in [7, 11) is 0.333. The highest BCUT2D eigenvalue weighted by molar-refractivity contribution is 8.24. The van der Waals surface area contributed by atoms with Gasteiger partial charge in [-0.3, -0.25) is 8.37 Å². The lowest BCUT2D eigenvalue weighted by Gasteiger charge is -2.61. The molecule has 0 spiro atoms. The Morgan fingerprint density at radius 1 is 0.650 bits per heavy atom. The van der Waals surface area contributed by atoms with Crippen molar-refractivity contribution < 1.29 is 22.9 Å². The Balaban J connectivity index is 1.14. The first-order valence-electron chi connectivity index (χ1n) is 26.5. The van der Waals surface area contributed by atoms with Gasteiger partial charge in [-0.15, -0.1) is 0 Å². The molecule has 0 aliphatic heterocycles. The molecule has 4 aliphatic carbocycles. The fourth-order valence-electron chi connectivity index (χ4n) is 13.5. The highest BCUT2D eigenvalue weighted by atomic mass is 32.3. The lowest BCUT2D eigenvalue weighted by atomic mass is 9.44. The number of aliphatic hydroxyl groups is 1. The second-order valence-corrected chi connectivity index (χ2v) is 24.4.